The number of esters is 2. The highest BCUT2D eigenvalue weighted by Crippen LogP contribution is 2.40. The van der Waals surface area contributed by atoms with Crippen molar-refractivity contribution in [3.05, 3.63) is 29.8 Å². The number of hydrogen-bond acceptors (Lipinski definition) is 13. The van der Waals surface area contributed by atoms with Crippen LogP contribution in [0.5, 0.6) is 5.75 Å². The van der Waals surface area contributed by atoms with Crippen molar-refractivity contribution in [3.63, 3.8) is 0 Å². The molecule has 1 aromatic carbocycles. The fourth-order valence-corrected chi connectivity index (χ4v) is 7.93. The van der Waals surface area contributed by atoms with Gasteiger partial charge in [-0.05, 0) is 78.7 Å². The topological polar surface area (TPSA) is 171 Å². The normalized spacial score (nSPS) is 39.8. The van der Waals surface area contributed by atoms with Gasteiger partial charge < -0.3 is 48.6 Å². The van der Waals surface area contributed by atoms with Gasteiger partial charge in [0.2, 0.25) is 0 Å². The lowest BCUT2D eigenvalue weighted by molar-refractivity contribution is -0.301. The average molecular weight is 738 g/mol. The van der Waals surface area contributed by atoms with Gasteiger partial charge in [-0.25, -0.2) is 0 Å². The number of aliphatic hydroxyl groups is 3. The Morgan fingerprint density at radius 2 is 1.69 bits per heavy atom. The molecular formula is C39H63NO12. The second kappa shape index (κ2) is 18.1. The molecule has 2 fully saturated rings. The SMILES string of the molecule is CC[C@@H]1OC(=O)[C@H](C)[C@@H](OC(=O)Cc2cccc(OC)c2)[C@H](C)[C@@H](O[C@@H]2O[C@H](C)C[C@H](N(C)C)[C@H]2O)[C@@](C)(OC)C[C@@H](C)C(=O)[C@@H](C)[C@@H](O)[C@]1(C)O. The monoisotopic (exact) mass is 737 g/mol. The summed E-state index contributed by atoms with van der Waals surface area (Å²) in [4.78, 5) is 43.6. The van der Waals surface area contributed by atoms with E-state index in [0.717, 1.165) is 0 Å². The van der Waals surface area contributed by atoms with E-state index >= 15 is 0 Å². The molecule has 3 rings (SSSR count). The van der Waals surface area contributed by atoms with E-state index in [1.807, 2.05) is 25.9 Å². The molecule has 3 N–H and O–H groups in total. The van der Waals surface area contributed by atoms with E-state index in [-0.39, 0.29) is 37.2 Å². The number of nitrogens with zero attached hydrogens (tertiary/aromatic N) is 1. The summed E-state index contributed by atoms with van der Waals surface area (Å²) in [6.45, 7) is 13.3. The molecule has 0 unspecified atom stereocenters. The lowest BCUT2D eigenvalue weighted by Gasteiger charge is -2.48. The molecular weight excluding hydrogens is 674 g/mol. The first-order chi connectivity index (χ1) is 24.2. The van der Waals surface area contributed by atoms with Gasteiger partial charge in [0.25, 0.3) is 0 Å². The van der Waals surface area contributed by atoms with Crippen LogP contribution in [0.3, 0.4) is 0 Å². The first kappa shape index (κ1) is 43.8. The van der Waals surface area contributed by atoms with Crippen LogP contribution in [-0.2, 0) is 44.5 Å². The van der Waals surface area contributed by atoms with Gasteiger partial charge in [-0.3, -0.25) is 14.4 Å². The van der Waals surface area contributed by atoms with Crippen LogP contribution < -0.4 is 4.74 Å². The van der Waals surface area contributed by atoms with Crippen molar-refractivity contribution < 1.29 is 58.1 Å². The molecule has 2 saturated heterocycles. The van der Waals surface area contributed by atoms with E-state index < -0.39 is 83.6 Å². The third kappa shape index (κ3) is 9.90. The van der Waals surface area contributed by atoms with E-state index in [0.29, 0.717) is 17.7 Å². The van der Waals surface area contributed by atoms with Crippen LogP contribution in [0.1, 0.15) is 80.2 Å². The Kier molecular flexibility index (Phi) is 15.2. The van der Waals surface area contributed by atoms with Gasteiger partial charge in [0.05, 0.1) is 43.4 Å². The molecule has 13 nitrogen and oxygen atoms in total. The number of methoxy groups -OCH3 is 2. The summed E-state index contributed by atoms with van der Waals surface area (Å²) < 4.78 is 36.5. The second-order valence-corrected chi connectivity index (χ2v) is 15.6. The maximum absolute atomic E-state index is 14.0. The van der Waals surface area contributed by atoms with Crippen molar-refractivity contribution in [1.82, 2.24) is 4.90 Å². The molecule has 1 aromatic rings. The highest BCUT2D eigenvalue weighted by Gasteiger charge is 2.53. The number of rotatable bonds is 9. The molecule has 0 saturated carbocycles. The summed E-state index contributed by atoms with van der Waals surface area (Å²) >= 11 is 0. The number of ketones is 1. The van der Waals surface area contributed by atoms with Gasteiger partial charge >= 0.3 is 11.9 Å². The molecule has 0 spiro atoms. The van der Waals surface area contributed by atoms with Crippen LogP contribution in [-0.4, -0.2) is 126 Å². The molecule has 2 aliphatic rings. The Labute approximate surface area is 309 Å². The fraction of sp³-hybridized carbons (Fsp3) is 0.769. The first-order valence-electron chi connectivity index (χ1n) is 18.4. The Hall–Kier alpha value is -2.65. The number of hydrogen-bond donors (Lipinski definition) is 3. The number of aliphatic hydroxyl groups excluding tert-OH is 2. The number of ether oxygens (including phenoxy) is 6. The minimum atomic E-state index is -1.99. The van der Waals surface area contributed by atoms with Crippen molar-refractivity contribution in [3.8, 4) is 5.75 Å². The van der Waals surface area contributed by atoms with Crippen LogP contribution in [0.15, 0.2) is 24.3 Å². The summed E-state index contributed by atoms with van der Waals surface area (Å²) in [7, 11) is 6.73. The summed E-state index contributed by atoms with van der Waals surface area (Å²) in [6, 6.07) is 6.68. The molecule has 0 amide bonds. The summed E-state index contributed by atoms with van der Waals surface area (Å²) in [5, 5.41) is 34.5. The Balaban J connectivity index is 2.19. The van der Waals surface area contributed by atoms with Crippen LogP contribution >= 0.6 is 0 Å². The van der Waals surface area contributed by atoms with Crippen molar-refractivity contribution in [1.29, 1.82) is 0 Å². The summed E-state index contributed by atoms with van der Waals surface area (Å²) in [6.07, 6.45) is -6.87. The maximum atomic E-state index is 14.0. The second-order valence-electron chi connectivity index (χ2n) is 15.6. The van der Waals surface area contributed by atoms with E-state index in [1.165, 1.54) is 28.1 Å². The number of cyclic esters (lactones) is 1. The number of likely N-dealkylation sites (N-methyl/N-ethyl adjacent to an activating group) is 1. The Morgan fingerprint density at radius 1 is 1.04 bits per heavy atom. The zero-order valence-corrected chi connectivity index (χ0v) is 33.0. The third-order valence-corrected chi connectivity index (χ3v) is 11.2. The molecule has 52 heavy (non-hydrogen) atoms. The molecule has 2 aliphatic heterocycles. The number of carbonyl (C=O) groups excluding carboxylic acids is 3. The largest absolute Gasteiger partial charge is 0.497 e. The molecule has 296 valence electrons. The zero-order valence-electron chi connectivity index (χ0n) is 33.0. The van der Waals surface area contributed by atoms with Gasteiger partial charge in [-0.1, -0.05) is 39.8 Å². The Morgan fingerprint density at radius 3 is 2.27 bits per heavy atom. The van der Waals surface area contributed by atoms with Crippen molar-refractivity contribution in [2.24, 2.45) is 23.7 Å². The van der Waals surface area contributed by atoms with Crippen LogP contribution in [0.25, 0.3) is 0 Å². The first-order valence-corrected chi connectivity index (χ1v) is 18.4. The fourth-order valence-electron chi connectivity index (χ4n) is 7.93. The molecule has 0 aromatic heterocycles. The third-order valence-electron chi connectivity index (χ3n) is 11.2. The highest BCUT2D eigenvalue weighted by molar-refractivity contribution is 5.83. The van der Waals surface area contributed by atoms with Crippen LogP contribution in [0.2, 0.25) is 0 Å². The number of benzene rings is 1. The molecule has 0 aliphatic carbocycles. The van der Waals surface area contributed by atoms with Gasteiger partial charge in [-0.15, -0.1) is 0 Å². The molecule has 13 heteroatoms. The van der Waals surface area contributed by atoms with Gasteiger partial charge in [-0.2, -0.15) is 0 Å². The summed E-state index contributed by atoms with van der Waals surface area (Å²) in [5.74, 6) is -4.88. The predicted molar refractivity (Wildman–Crippen MR) is 192 cm³/mol. The van der Waals surface area contributed by atoms with Crippen LogP contribution in [0.4, 0.5) is 0 Å². The quantitative estimate of drug-likeness (QED) is 0.316. The van der Waals surface area contributed by atoms with E-state index in [9.17, 15) is 29.7 Å². The standard InChI is InChI=1S/C39H63NO12/c1-13-29-39(8,46)34(44)23(4)31(42)21(2)20-38(7,48-12)35(52-37-32(43)28(40(9)10)17-22(3)49-37)24(5)33(25(6)36(45)50-29)51-30(41)19-26-15-14-16-27(18-26)47-11/h14-16,18,21-25,28-29,32-35,37,43-44,46H,13,17,19-20H2,1-12H3/t21-,22-,23-,24+,25-,28+,29+,32-,33+,34-,35-,37+,38+,39-/m1/s1. The molecule has 2 heterocycles. The lowest BCUT2D eigenvalue weighted by atomic mass is 9.74. The minimum absolute atomic E-state index is 0.0759. The van der Waals surface area contributed by atoms with Crippen LogP contribution in [0, 0.1) is 23.7 Å². The van der Waals surface area contributed by atoms with Gasteiger partial charge in [0, 0.05) is 30.9 Å². The van der Waals surface area contributed by atoms with Crippen molar-refractivity contribution in [2.45, 2.75) is 141 Å². The van der Waals surface area contributed by atoms with Gasteiger partial charge in [0.15, 0.2) is 6.29 Å². The van der Waals surface area contributed by atoms with Crippen molar-refractivity contribution >= 4 is 17.7 Å². The average Bonchev–Trinajstić information content (AvgIpc) is 3.10. The lowest BCUT2D eigenvalue weighted by Crippen LogP contribution is -2.60. The molecule has 0 bridgehead atoms. The zero-order chi connectivity index (χ0) is 39.3. The number of carbonyl (C=O) groups is 3. The van der Waals surface area contributed by atoms with Gasteiger partial charge in [0.1, 0.15) is 35.4 Å². The molecule has 0 radical (unpaired) electrons. The van der Waals surface area contributed by atoms with E-state index in [1.54, 1.807) is 58.9 Å². The smallest absolute Gasteiger partial charge is 0.312 e. The van der Waals surface area contributed by atoms with E-state index in [4.69, 9.17) is 28.4 Å². The predicted octanol–water partition coefficient (Wildman–Crippen LogP) is 3.32. The Bertz CT molecular complexity index is 1350. The maximum Gasteiger partial charge on any atom is 0.312 e. The summed E-state index contributed by atoms with van der Waals surface area (Å²) in [5.41, 5.74) is -2.66. The highest BCUT2D eigenvalue weighted by atomic mass is 16.7. The van der Waals surface area contributed by atoms with E-state index in [2.05, 4.69) is 0 Å². The number of Topliss-reactive ketones (excluding diaryl/α,β-unsaturated/α-hetero) is 1. The van der Waals surface area contributed by atoms with Crippen molar-refractivity contribution in [2.75, 3.05) is 28.3 Å². The minimum Gasteiger partial charge on any atom is -0.497 e. The molecule has 14 atom stereocenters.